The lowest BCUT2D eigenvalue weighted by molar-refractivity contribution is 0.745. The molecule has 3 nitrogen and oxygen atoms in total. The number of hydrogen-bond acceptors (Lipinski definition) is 3. The number of rotatable bonds is 5. The summed E-state index contributed by atoms with van der Waals surface area (Å²) in [5, 5.41) is 1.14. The molecule has 1 rings (SSSR count). The van der Waals surface area contributed by atoms with Crippen LogP contribution in [0, 0.1) is 0 Å². The predicted octanol–water partition coefficient (Wildman–Crippen LogP) is 2.56. The minimum Gasteiger partial charge on any atom is -0.356 e. The van der Waals surface area contributed by atoms with Crippen LogP contribution >= 0.6 is 23.2 Å². The minimum atomic E-state index is 0.554. The number of nitrogens with two attached hydrogens (primary N) is 1. The molecule has 0 amide bonds. The summed E-state index contributed by atoms with van der Waals surface area (Å²) in [6.07, 6.45) is 2.53. The number of halogens is 2. The molecule has 1 aromatic rings. The monoisotopic (exact) mass is 247 g/mol. The summed E-state index contributed by atoms with van der Waals surface area (Å²) in [5.41, 5.74) is 5.47. The maximum atomic E-state index is 6.06. The molecule has 0 radical (unpaired) electrons. The Hall–Kier alpha value is -0.510. The van der Waals surface area contributed by atoms with E-state index in [1.54, 1.807) is 12.3 Å². The van der Waals surface area contributed by atoms with Gasteiger partial charge in [-0.15, -0.1) is 0 Å². The molecule has 0 unspecified atom stereocenters. The van der Waals surface area contributed by atoms with E-state index in [0.29, 0.717) is 16.6 Å². The van der Waals surface area contributed by atoms with Gasteiger partial charge in [-0.2, -0.15) is 0 Å². The second kappa shape index (κ2) is 6.16. The molecule has 2 N–H and O–H groups in total. The van der Waals surface area contributed by atoms with Crippen molar-refractivity contribution in [2.24, 2.45) is 5.73 Å². The standard InChI is InChI=1S/C10H15Cl2N3/c1-2-15(5-3-4-13)10-9(12)6-8(11)7-14-10/h6-7H,2-5,13H2,1H3. The van der Waals surface area contributed by atoms with Crippen molar-refractivity contribution in [3.05, 3.63) is 22.3 Å². The zero-order valence-corrected chi connectivity index (χ0v) is 10.2. The molecule has 0 aromatic carbocycles. The summed E-state index contributed by atoms with van der Waals surface area (Å²) >= 11 is 11.8. The van der Waals surface area contributed by atoms with Gasteiger partial charge in [-0.1, -0.05) is 23.2 Å². The molecule has 0 aliphatic carbocycles. The molecule has 0 fully saturated rings. The number of hydrogen-bond donors (Lipinski definition) is 1. The highest BCUT2D eigenvalue weighted by Gasteiger charge is 2.09. The van der Waals surface area contributed by atoms with Gasteiger partial charge in [0.15, 0.2) is 0 Å². The van der Waals surface area contributed by atoms with Crippen molar-refractivity contribution in [1.29, 1.82) is 0 Å². The fourth-order valence-electron chi connectivity index (χ4n) is 1.34. The lowest BCUT2D eigenvalue weighted by Gasteiger charge is -2.22. The van der Waals surface area contributed by atoms with Gasteiger partial charge >= 0.3 is 0 Å². The minimum absolute atomic E-state index is 0.554. The van der Waals surface area contributed by atoms with Crippen LogP contribution in [0.25, 0.3) is 0 Å². The highest BCUT2D eigenvalue weighted by Crippen LogP contribution is 2.25. The summed E-state index contributed by atoms with van der Waals surface area (Å²) in [6, 6.07) is 1.70. The van der Waals surface area contributed by atoms with Crippen LogP contribution in [0.2, 0.25) is 10.0 Å². The number of pyridine rings is 1. The summed E-state index contributed by atoms with van der Waals surface area (Å²) in [5.74, 6) is 0.775. The van der Waals surface area contributed by atoms with E-state index in [0.717, 1.165) is 25.3 Å². The van der Waals surface area contributed by atoms with Crippen LogP contribution in [0.3, 0.4) is 0 Å². The molecule has 84 valence electrons. The van der Waals surface area contributed by atoms with Crippen molar-refractivity contribution in [2.75, 3.05) is 24.5 Å². The molecule has 0 spiro atoms. The van der Waals surface area contributed by atoms with Crippen molar-refractivity contribution >= 4 is 29.0 Å². The van der Waals surface area contributed by atoms with Crippen LogP contribution in [0.4, 0.5) is 5.82 Å². The largest absolute Gasteiger partial charge is 0.356 e. The predicted molar refractivity (Wildman–Crippen MR) is 65.8 cm³/mol. The quantitative estimate of drug-likeness (QED) is 0.870. The summed E-state index contributed by atoms with van der Waals surface area (Å²) in [7, 11) is 0. The molecular weight excluding hydrogens is 233 g/mol. The van der Waals surface area contributed by atoms with E-state index in [-0.39, 0.29) is 0 Å². The molecule has 1 aromatic heterocycles. The summed E-state index contributed by atoms with van der Waals surface area (Å²) in [6.45, 7) is 4.44. The van der Waals surface area contributed by atoms with E-state index in [4.69, 9.17) is 28.9 Å². The van der Waals surface area contributed by atoms with Gasteiger partial charge in [-0.25, -0.2) is 4.98 Å². The number of aromatic nitrogens is 1. The molecule has 1 heterocycles. The molecule has 0 saturated heterocycles. The highest BCUT2D eigenvalue weighted by molar-refractivity contribution is 6.35. The van der Waals surface area contributed by atoms with Crippen molar-refractivity contribution in [3.8, 4) is 0 Å². The zero-order chi connectivity index (χ0) is 11.3. The first-order valence-electron chi connectivity index (χ1n) is 4.95. The normalized spacial score (nSPS) is 10.4. The maximum Gasteiger partial charge on any atom is 0.147 e. The van der Waals surface area contributed by atoms with Gasteiger partial charge in [0.25, 0.3) is 0 Å². The maximum absolute atomic E-state index is 6.06. The van der Waals surface area contributed by atoms with Gasteiger partial charge in [-0.05, 0) is 26.0 Å². The SMILES string of the molecule is CCN(CCCN)c1ncc(Cl)cc1Cl. The Morgan fingerprint density at radius 1 is 1.47 bits per heavy atom. The Morgan fingerprint density at radius 2 is 2.20 bits per heavy atom. The van der Waals surface area contributed by atoms with E-state index < -0.39 is 0 Å². The van der Waals surface area contributed by atoms with Crippen LogP contribution in [0.15, 0.2) is 12.3 Å². The molecule has 0 saturated carbocycles. The third kappa shape index (κ3) is 3.52. The Bertz CT molecular complexity index is 318. The van der Waals surface area contributed by atoms with E-state index in [1.165, 1.54) is 0 Å². The highest BCUT2D eigenvalue weighted by atomic mass is 35.5. The molecular formula is C10H15Cl2N3. The average molecular weight is 248 g/mol. The van der Waals surface area contributed by atoms with Crippen LogP contribution < -0.4 is 10.6 Å². The fourth-order valence-corrected chi connectivity index (χ4v) is 1.84. The van der Waals surface area contributed by atoms with Crippen LogP contribution in [-0.4, -0.2) is 24.6 Å². The topological polar surface area (TPSA) is 42.1 Å². The van der Waals surface area contributed by atoms with Crippen LogP contribution in [0.1, 0.15) is 13.3 Å². The average Bonchev–Trinajstić information content (AvgIpc) is 2.21. The van der Waals surface area contributed by atoms with Gasteiger partial charge in [-0.3, -0.25) is 0 Å². The van der Waals surface area contributed by atoms with Crippen LogP contribution in [0.5, 0.6) is 0 Å². The number of anilines is 1. The second-order valence-corrected chi connectivity index (χ2v) is 4.02. The number of nitrogens with zero attached hydrogens (tertiary/aromatic N) is 2. The van der Waals surface area contributed by atoms with Gasteiger partial charge in [0.1, 0.15) is 5.82 Å². The lowest BCUT2D eigenvalue weighted by atomic mass is 10.3. The van der Waals surface area contributed by atoms with Crippen molar-refractivity contribution in [2.45, 2.75) is 13.3 Å². The van der Waals surface area contributed by atoms with E-state index in [9.17, 15) is 0 Å². The van der Waals surface area contributed by atoms with E-state index in [2.05, 4.69) is 16.8 Å². The first-order chi connectivity index (χ1) is 7.19. The van der Waals surface area contributed by atoms with Crippen LogP contribution in [-0.2, 0) is 0 Å². The Kier molecular flexibility index (Phi) is 5.15. The van der Waals surface area contributed by atoms with Crippen molar-refractivity contribution in [1.82, 2.24) is 4.98 Å². The lowest BCUT2D eigenvalue weighted by Crippen LogP contribution is -2.26. The molecule has 5 heteroatoms. The van der Waals surface area contributed by atoms with E-state index in [1.807, 2.05) is 0 Å². The smallest absolute Gasteiger partial charge is 0.147 e. The van der Waals surface area contributed by atoms with Gasteiger partial charge in [0, 0.05) is 19.3 Å². The Morgan fingerprint density at radius 3 is 2.73 bits per heavy atom. The summed E-state index contributed by atoms with van der Waals surface area (Å²) < 4.78 is 0. The van der Waals surface area contributed by atoms with Crippen molar-refractivity contribution < 1.29 is 0 Å². The fraction of sp³-hybridized carbons (Fsp3) is 0.500. The van der Waals surface area contributed by atoms with Gasteiger partial charge in [0.2, 0.25) is 0 Å². The Labute approximate surface area is 100 Å². The molecule has 0 aliphatic rings. The third-order valence-electron chi connectivity index (χ3n) is 2.10. The van der Waals surface area contributed by atoms with Gasteiger partial charge < -0.3 is 10.6 Å². The molecule has 15 heavy (non-hydrogen) atoms. The third-order valence-corrected chi connectivity index (χ3v) is 2.59. The molecule has 0 aliphatic heterocycles. The summed E-state index contributed by atoms with van der Waals surface area (Å²) in [4.78, 5) is 6.31. The first kappa shape index (κ1) is 12.6. The Balaban J connectivity index is 2.81. The first-order valence-corrected chi connectivity index (χ1v) is 5.70. The zero-order valence-electron chi connectivity index (χ0n) is 8.71. The molecule has 0 atom stereocenters. The van der Waals surface area contributed by atoms with Crippen molar-refractivity contribution in [3.63, 3.8) is 0 Å². The van der Waals surface area contributed by atoms with Gasteiger partial charge in [0.05, 0.1) is 10.0 Å². The van der Waals surface area contributed by atoms with E-state index >= 15 is 0 Å². The second-order valence-electron chi connectivity index (χ2n) is 3.18. The molecule has 0 bridgehead atoms.